The molecule has 0 saturated carbocycles. The average Bonchev–Trinajstić information content (AvgIpc) is 2.45. The van der Waals surface area contributed by atoms with Crippen molar-refractivity contribution in [3.63, 3.8) is 0 Å². The van der Waals surface area contributed by atoms with Crippen LogP contribution >= 0.6 is 24.0 Å². The van der Waals surface area contributed by atoms with Crippen LogP contribution in [0.2, 0.25) is 5.02 Å². The minimum Gasteiger partial charge on any atom is -0.491 e. The predicted octanol–water partition coefficient (Wildman–Crippen LogP) is 3.99. The van der Waals surface area contributed by atoms with Gasteiger partial charge in [-0.05, 0) is 63.4 Å². The normalized spacial score (nSPS) is 20.3. The molecule has 0 amide bonds. The highest BCUT2D eigenvalue weighted by Crippen LogP contribution is 2.26. The molecule has 22 heavy (non-hydrogen) atoms. The van der Waals surface area contributed by atoms with Gasteiger partial charge in [-0.3, -0.25) is 4.90 Å². The third-order valence-electron chi connectivity index (χ3n) is 4.24. The van der Waals surface area contributed by atoms with Crippen LogP contribution < -0.4 is 4.74 Å². The van der Waals surface area contributed by atoms with Crippen LogP contribution in [0.1, 0.15) is 37.3 Å². The van der Waals surface area contributed by atoms with Gasteiger partial charge < -0.3 is 9.84 Å². The van der Waals surface area contributed by atoms with E-state index in [9.17, 15) is 5.11 Å². The van der Waals surface area contributed by atoms with E-state index < -0.39 is 6.10 Å². The Hall–Kier alpha value is -0.480. The lowest BCUT2D eigenvalue weighted by Gasteiger charge is -2.34. The number of nitrogens with zero attached hydrogens (tertiary/aromatic N) is 1. The Morgan fingerprint density at radius 2 is 1.95 bits per heavy atom. The lowest BCUT2D eigenvalue weighted by molar-refractivity contribution is 0.0437. The van der Waals surface area contributed by atoms with Gasteiger partial charge in [-0.25, -0.2) is 0 Å². The van der Waals surface area contributed by atoms with E-state index in [1.807, 2.05) is 26.0 Å². The number of aryl methyl sites for hydroxylation is 2. The average molecular weight is 348 g/mol. The van der Waals surface area contributed by atoms with Crippen molar-refractivity contribution >= 4 is 24.0 Å². The Morgan fingerprint density at radius 3 is 2.55 bits per heavy atom. The number of ether oxygens (including phenoxy) is 1. The number of β-amino-alcohol motifs (C(OH)–C–C–N with tert-alkyl or cyclic N) is 1. The van der Waals surface area contributed by atoms with Crippen molar-refractivity contribution in [3.8, 4) is 5.75 Å². The number of benzene rings is 1. The molecule has 1 fully saturated rings. The number of hydrogen-bond acceptors (Lipinski definition) is 3. The summed E-state index contributed by atoms with van der Waals surface area (Å²) in [6.45, 7) is 8.26. The second-order valence-electron chi connectivity index (χ2n) is 6.18. The fraction of sp³-hybridized carbons (Fsp3) is 0.647. The van der Waals surface area contributed by atoms with Gasteiger partial charge in [-0.1, -0.05) is 18.0 Å². The third kappa shape index (κ3) is 5.31. The van der Waals surface area contributed by atoms with Gasteiger partial charge in [0, 0.05) is 17.6 Å². The number of aliphatic hydroxyl groups is 1. The molecule has 1 N–H and O–H groups in total. The van der Waals surface area contributed by atoms with E-state index >= 15 is 0 Å². The smallest absolute Gasteiger partial charge is 0.120 e. The monoisotopic (exact) mass is 347 g/mol. The number of aliphatic hydroxyl groups excluding tert-OH is 1. The minimum atomic E-state index is -0.457. The van der Waals surface area contributed by atoms with E-state index in [-0.39, 0.29) is 12.4 Å². The van der Waals surface area contributed by atoms with E-state index in [1.54, 1.807) is 0 Å². The molecule has 2 atom stereocenters. The van der Waals surface area contributed by atoms with Crippen LogP contribution in [0.15, 0.2) is 12.1 Å². The highest BCUT2D eigenvalue weighted by atomic mass is 35.5. The first-order chi connectivity index (χ1) is 9.97. The SMILES string of the molecule is Cc1cc(OCC(O)CN2CCCCC2C)cc(C)c1Cl.Cl. The van der Waals surface area contributed by atoms with Gasteiger partial charge in [0.2, 0.25) is 0 Å². The molecule has 1 aliphatic heterocycles. The molecule has 3 nitrogen and oxygen atoms in total. The molecule has 0 radical (unpaired) electrons. The van der Waals surface area contributed by atoms with Crippen molar-refractivity contribution in [2.45, 2.75) is 52.2 Å². The van der Waals surface area contributed by atoms with E-state index in [0.717, 1.165) is 28.4 Å². The second kappa shape index (κ2) is 8.97. The second-order valence-corrected chi connectivity index (χ2v) is 6.55. The molecule has 5 heteroatoms. The Kier molecular flexibility index (Phi) is 7.98. The number of piperidine rings is 1. The van der Waals surface area contributed by atoms with Crippen LogP contribution in [0.25, 0.3) is 0 Å². The topological polar surface area (TPSA) is 32.7 Å². The van der Waals surface area contributed by atoms with Crippen LogP contribution in [0.4, 0.5) is 0 Å². The quantitative estimate of drug-likeness (QED) is 0.873. The maximum atomic E-state index is 10.2. The molecule has 1 aliphatic rings. The first-order valence-electron chi connectivity index (χ1n) is 7.79. The number of hydrogen-bond donors (Lipinski definition) is 1. The van der Waals surface area contributed by atoms with Gasteiger partial charge in [0.25, 0.3) is 0 Å². The summed E-state index contributed by atoms with van der Waals surface area (Å²) in [5, 5.41) is 11.0. The third-order valence-corrected chi connectivity index (χ3v) is 4.83. The summed E-state index contributed by atoms with van der Waals surface area (Å²) in [6.07, 6.45) is 3.30. The largest absolute Gasteiger partial charge is 0.491 e. The zero-order valence-corrected chi connectivity index (χ0v) is 15.2. The van der Waals surface area contributed by atoms with Gasteiger partial charge in [-0.2, -0.15) is 0 Å². The fourth-order valence-electron chi connectivity index (χ4n) is 2.93. The molecule has 0 bridgehead atoms. The Morgan fingerprint density at radius 1 is 1.32 bits per heavy atom. The highest BCUT2D eigenvalue weighted by Gasteiger charge is 2.21. The lowest BCUT2D eigenvalue weighted by atomic mass is 10.0. The molecule has 1 heterocycles. The molecule has 1 saturated heterocycles. The summed E-state index contributed by atoms with van der Waals surface area (Å²) < 4.78 is 5.73. The van der Waals surface area contributed by atoms with E-state index in [4.69, 9.17) is 16.3 Å². The van der Waals surface area contributed by atoms with Crippen molar-refractivity contribution in [3.05, 3.63) is 28.3 Å². The first-order valence-corrected chi connectivity index (χ1v) is 8.17. The van der Waals surface area contributed by atoms with Crippen LogP contribution in [0.3, 0.4) is 0 Å². The fourth-order valence-corrected chi connectivity index (χ4v) is 3.04. The van der Waals surface area contributed by atoms with Crippen LogP contribution in [-0.2, 0) is 0 Å². The zero-order chi connectivity index (χ0) is 15.4. The molecule has 2 unspecified atom stereocenters. The van der Waals surface area contributed by atoms with Crippen LogP contribution in [-0.4, -0.2) is 41.8 Å². The van der Waals surface area contributed by atoms with E-state index in [2.05, 4.69) is 11.8 Å². The maximum absolute atomic E-state index is 10.2. The summed E-state index contributed by atoms with van der Waals surface area (Å²) in [7, 11) is 0. The van der Waals surface area contributed by atoms with Crippen molar-refractivity contribution in [1.82, 2.24) is 4.90 Å². The van der Waals surface area contributed by atoms with Gasteiger partial charge in [-0.15, -0.1) is 12.4 Å². The molecule has 1 aromatic carbocycles. The minimum absolute atomic E-state index is 0. The molecule has 0 spiro atoms. The molecule has 0 aliphatic carbocycles. The Bertz CT molecular complexity index is 459. The first kappa shape index (κ1) is 19.6. The zero-order valence-electron chi connectivity index (χ0n) is 13.6. The number of likely N-dealkylation sites (tertiary alicyclic amines) is 1. The van der Waals surface area contributed by atoms with Crippen LogP contribution in [0.5, 0.6) is 5.75 Å². The summed E-state index contributed by atoms with van der Waals surface area (Å²) in [6, 6.07) is 4.41. The molecule has 126 valence electrons. The molecule has 0 aromatic heterocycles. The van der Waals surface area contributed by atoms with Gasteiger partial charge in [0.1, 0.15) is 18.5 Å². The lowest BCUT2D eigenvalue weighted by Crippen LogP contribution is -2.43. The summed E-state index contributed by atoms with van der Waals surface area (Å²) in [5.74, 6) is 0.778. The van der Waals surface area contributed by atoms with Crippen molar-refractivity contribution < 1.29 is 9.84 Å². The maximum Gasteiger partial charge on any atom is 0.120 e. The van der Waals surface area contributed by atoms with Gasteiger partial charge in [0.15, 0.2) is 0 Å². The highest BCUT2D eigenvalue weighted by molar-refractivity contribution is 6.32. The Balaban J connectivity index is 0.00000242. The van der Waals surface area contributed by atoms with Crippen LogP contribution in [0, 0.1) is 13.8 Å². The predicted molar refractivity (Wildman–Crippen MR) is 94.6 cm³/mol. The van der Waals surface area contributed by atoms with Crippen molar-refractivity contribution in [2.24, 2.45) is 0 Å². The van der Waals surface area contributed by atoms with Gasteiger partial charge in [0.05, 0.1) is 0 Å². The molecule has 1 aromatic rings. The standard InChI is InChI=1S/C17H26ClNO2.ClH/c1-12-8-16(9-13(2)17(12)18)21-11-15(20)10-19-7-5-4-6-14(19)3;/h8-9,14-15,20H,4-7,10-11H2,1-3H3;1H. The van der Waals surface area contributed by atoms with Gasteiger partial charge >= 0.3 is 0 Å². The Labute approximate surface area is 145 Å². The molecule has 2 rings (SSSR count). The van der Waals surface area contributed by atoms with E-state index in [0.29, 0.717) is 19.2 Å². The van der Waals surface area contributed by atoms with Crippen molar-refractivity contribution in [2.75, 3.05) is 19.7 Å². The molecular weight excluding hydrogens is 321 g/mol. The van der Waals surface area contributed by atoms with E-state index in [1.165, 1.54) is 19.3 Å². The summed E-state index contributed by atoms with van der Waals surface area (Å²) in [4.78, 5) is 2.36. The molecular formula is C17H27Cl2NO2. The summed E-state index contributed by atoms with van der Waals surface area (Å²) >= 11 is 6.15. The number of halogens is 2. The summed E-state index contributed by atoms with van der Waals surface area (Å²) in [5.41, 5.74) is 2.01. The number of rotatable bonds is 5. The van der Waals surface area contributed by atoms with Crippen molar-refractivity contribution in [1.29, 1.82) is 0 Å².